The SMILES string of the molecule is COCc1ccccc1C#CCCNc1ncnc(Cl)c1Cl. The largest absolute Gasteiger partial charge is 0.380 e. The van der Waals surface area contributed by atoms with Crippen molar-refractivity contribution >= 4 is 29.0 Å². The van der Waals surface area contributed by atoms with Gasteiger partial charge in [0.25, 0.3) is 0 Å². The molecule has 0 aliphatic rings. The molecule has 1 aromatic heterocycles. The first kappa shape index (κ1) is 16.6. The second-order valence-corrected chi connectivity index (χ2v) is 5.13. The molecule has 1 N–H and O–H groups in total. The van der Waals surface area contributed by atoms with E-state index in [0.717, 1.165) is 11.1 Å². The number of hydrogen-bond acceptors (Lipinski definition) is 4. The first-order valence-corrected chi connectivity index (χ1v) is 7.43. The molecule has 0 fully saturated rings. The van der Waals surface area contributed by atoms with Gasteiger partial charge in [0.05, 0.1) is 6.61 Å². The maximum atomic E-state index is 5.99. The smallest absolute Gasteiger partial charge is 0.153 e. The van der Waals surface area contributed by atoms with E-state index in [-0.39, 0.29) is 5.15 Å². The number of methoxy groups -OCH3 is 1. The zero-order chi connectivity index (χ0) is 15.8. The Morgan fingerprint density at radius 2 is 2.05 bits per heavy atom. The number of nitrogens with one attached hydrogen (secondary N) is 1. The summed E-state index contributed by atoms with van der Waals surface area (Å²) < 4.78 is 5.16. The zero-order valence-corrected chi connectivity index (χ0v) is 13.6. The fourth-order valence-electron chi connectivity index (χ4n) is 1.80. The van der Waals surface area contributed by atoms with Gasteiger partial charge in [-0.2, -0.15) is 0 Å². The molecule has 0 spiro atoms. The highest BCUT2D eigenvalue weighted by Crippen LogP contribution is 2.25. The molecule has 0 aliphatic heterocycles. The summed E-state index contributed by atoms with van der Waals surface area (Å²) in [5, 5.41) is 3.64. The third kappa shape index (κ3) is 4.60. The van der Waals surface area contributed by atoms with Gasteiger partial charge in [-0.1, -0.05) is 53.2 Å². The number of hydrogen-bond donors (Lipinski definition) is 1. The normalized spacial score (nSPS) is 9.95. The molecule has 0 amide bonds. The van der Waals surface area contributed by atoms with Crippen LogP contribution >= 0.6 is 23.2 Å². The molecule has 0 bridgehead atoms. The molecular weight excluding hydrogens is 321 g/mol. The van der Waals surface area contributed by atoms with E-state index < -0.39 is 0 Å². The van der Waals surface area contributed by atoms with Gasteiger partial charge in [-0.3, -0.25) is 0 Å². The van der Waals surface area contributed by atoms with E-state index in [1.807, 2.05) is 24.3 Å². The van der Waals surface area contributed by atoms with E-state index in [2.05, 4.69) is 27.1 Å². The minimum atomic E-state index is 0.235. The Morgan fingerprint density at radius 1 is 1.23 bits per heavy atom. The van der Waals surface area contributed by atoms with Crippen LogP contribution in [0.3, 0.4) is 0 Å². The standard InChI is InChI=1S/C16H15Cl2N3O/c1-22-10-13-8-3-2-6-12(13)7-4-5-9-19-16-14(17)15(18)20-11-21-16/h2-3,6,8,11H,5,9-10H2,1H3,(H,19,20,21). The predicted molar refractivity (Wildman–Crippen MR) is 89.2 cm³/mol. The Labute approximate surface area is 139 Å². The van der Waals surface area contributed by atoms with Crippen molar-refractivity contribution in [3.05, 3.63) is 51.9 Å². The van der Waals surface area contributed by atoms with Gasteiger partial charge in [0.1, 0.15) is 17.2 Å². The van der Waals surface area contributed by atoms with Gasteiger partial charge in [-0.15, -0.1) is 0 Å². The Balaban J connectivity index is 1.91. The number of aromatic nitrogens is 2. The highest BCUT2D eigenvalue weighted by Gasteiger charge is 2.05. The summed E-state index contributed by atoms with van der Waals surface area (Å²) in [7, 11) is 1.67. The lowest BCUT2D eigenvalue weighted by Gasteiger charge is -2.05. The molecule has 0 saturated carbocycles. The fraction of sp³-hybridized carbons (Fsp3) is 0.250. The lowest BCUT2D eigenvalue weighted by Crippen LogP contribution is -2.03. The number of benzene rings is 1. The van der Waals surface area contributed by atoms with Crippen molar-refractivity contribution in [2.24, 2.45) is 0 Å². The van der Waals surface area contributed by atoms with E-state index in [4.69, 9.17) is 27.9 Å². The summed E-state index contributed by atoms with van der Waals surface area (Å²) in [6, 6.07) is 7.93. The molecule has 0 aliphatic carbocycles. The molecule has 1 aromatic carbocycles. The van der Waals surface area contributed by atoms with Gasteiger partial charge in [0.2, 0.25) is 0 Å². The van der Waals surface area contributed by atoms with Gasteiger partial charge < -0.3 is 10.1 Å². The molecule has 0 radical (unpaired) electrons. The van der Waals surface area contributed by atoms with Crippen LogP contribution in [0.25, 0.3) is 0 Å². The molecule has 0 saturated heterocycles. The highest BCUT2D eigenvalue weighted by molar-refractivity contribution is 6.42. The van der Waals surface area contributed by atoms with Crippen molar-refractivity contribution in [3.8, 4) is 11.8 Å². The quantitative estimate of drug-likeness (QED) is 0.513. The zero-order valence-electron chi connectivity index (χ0n) is 12.1. The molecule has 4 nitrogen and oxygen atoms in total. The average molecular weight is 336 g/mol. The van der Waals surface area contributed by atoms with Crippen molar-refractivity contribution in [1.29, 1.82) is 0 Å². The summed E-state index contributed by atoms with van der Waals surface area (Å²) in [5.74, 6) is 6.78. The van der Waals surface area contributed by atoms with Crippen molar-refractivity contribution < 1.29 is 4.74 Å². The third-order valence-corrected chi connectivity index (χ3v) is 3.57. The van der Waals surface area contributed by atoms with E-state index in [0.29, 0.717) is 30.4 Å². The van der Waals surface area contributed by atoms with Crippen molar-refractivity contribution in [1.82, 2.24) is 9.97 Å². The summed E-state index contributed by atoms with van der Waals surface area (Å²) in [6.07, 6.45) is 2.02. The van der Waals surface area contributed by atoms with Crippen LogP contribution in [0.1, 0.15) is 17.5 Å². The van der Waals surface area contributed by atoms with Crippen LogP contribution in [-0.4, -0.2) is 23.6 Å². The van der Waals surface area contributed by atoms with Crippen LogP contribution in [0.5, 0.6) is 0 Å². The number of anilines is 1. The van der Waals surface area contributed by atoms with Crippen LogP contribution in [0.15, 0.2) is 30.6 Å². The summed E-state index contributed by atoms with van der Waals surface area (Å²) >= 11 is 11.8. The lowest BCUT2D eigenvalue weighted by molar-refractivity contribution is 0.184. The molecule has 6 heteroatoms. The molecule has 0 unspecified atom stereocenters. The minimum Gasteiger partial charge on any atom is -0.380 e. The second-order valence-electron chi connectivity index (χ2n) is 4.40. The van der Waals surface area contributed by atoms with Gasteiger partial charge in [0, 0.05) is 25.6 Å². The van der Waals surface area contributed by atoms with Gasteiger partial charge in [-0.25, -0.2) is 9.97 Å². The first-order valence-electron chi connectivity index (χ1n) is 6.68. The maximum Gasteiger partial charge on any atom is 0.153 e. The second kappa shape index (κ2) is 8.60. The highest BCUT2D eigenvalue weighted by atomic mass is 35.5. The van der Waals surface area contributed by atoms with Crippen LogP contribution in [-0.2, 0) is 11.3 Å². The molecule has 1 heterocycles. The minimum absolute atomic E-state index is 0.235. The Hall–Kier alpha value is -1.80. The van der Waals surface area contributed by atoms with Crippen molar-refractivity contribution in [2.75, 3.05) is 19.0 Å². The number of rotatable bonds is 5. The lowest BCUT2D eigenvalue weighted by atomic mass is 10.1. The molecular formula is C16H15Cl2N3O. The predicted octanol–water partition coefficient (Wildman–Crippen LogP) is 3.78. The Kier molecular flexibility index (Phi) is 6.47. The average Bonchev–Trinajstić information content (AvgIpc) is 2.53. The van der Waals surface area contributed by atoms with E-state index in [1.54, 1.807) is 7.11 Å². The monoisotopic (exact) mass is 335 g/mol. The van der Waals surface area contributed by atoms with Gasteiger partial charge in [-0.05, 0) is 11.6 Å². The van der Waals surface area contributed by atoms with Crippen molar-refractivity contribution in [3.63, 3.8) is 0 Å². The molecule has 2 aromatic rings. The molecule has 2 rings (SSSR count). The first-order chi connectivity index (χ1) is 10.7. The molecule has 22 heavy (non-hydrogen) atoms. The van der Waals surface area contributed by atoms with Crippen LogP contribution in [0.2, 0.25) is 10.2 Å². The van der Waals surface area contributed by atoms with Crippen LogP contribution < -0.4 is 5.32 Å². The topological polar surface area (TPSA) is 47.0 Å². The number of ether oxygens (including phenoxy) is 1. The summed E-state index contributed by atoms with van der Waals surface area (Å²) in [5.41, 5.74) is 2.06. The summed E-state index contributed by atoms with van der Waals surface area (Å²) in [4.78, 5) is 7.82. The van der Waals surface area contributed by atoms with Crippen molar-refractivity contribution in [2.45, 2.75) is 13.0 Å². The van der Waals surface area contributed by atoms with Gasteiger partial charge in [0.15, 0.2) is 5.15 Å². The summed E-state index contributed by atoms with van der Waals surface area (Å²) in [6.45, 7) is 1.17. The van der Waals surface area contributed by atoms with E-state index in [1.165, 1.54) is 6.33 Å². The molecule has 114 valence electrons. The number of halogens is 2. The molecule has 0 atom stereocenters. The van der Waals surface area contributed by atoms with E-state index >= 15 is 0 Å². The fourth-order valence-corrected chi connectivity index (χ4v) is 2.09. The number of nitrogens with zero attached hydrogens (tertiary/aromatic N) is 2. The van der Waals surface area contributed by atoms with Gasteiger partial charge >= 0.3 is 0 Å². The van der Waals surface area contributed by atoms with Crippen LogP contribution in [0.4, 0.5) is 5.82 Å². The third-order valence-electron chi connectivity index (χ3n) is 2.83. The van der Waals surface area contributed by atoms with E-state index in [9.17, 15) is 0 Å². The Bertz CT molecular complexity index is 695. The van der Waals surface area contributed by atoms with Crippen LogP contribution in [0, 0.1) is 11.8 Å². The Morgan fingerprint density at radius 3 is 2.86 bits per heavy atom. The maximum absolute atomic E-state index is 5.99.